The van der Waals surface area contributed by atoms with Crippen LogP contribution in [-0.4, -0.2) is 0 Å². The van der Waals surface area contributed by atoms with Crippen LogP contribution in [0.25, 0.3) is 0 Å². The van der Waals surface area contributed by atoms with Gasteiger partial charge in [-0.05, 0) is 0 Å². The summed E-state index contributed by atoms with van der Waals surface area (Å²) in [5.41, 5.74) is 0. The molecule has 4 nitrogen and oxygen atoms in total. The minimum Gasteiger partial charge on any atom is -0.772 e. The van der Waals surface area contributed by atoms with Gasteiger partial charge in [0.2, 0.25) is 0 Å². The van der Waals surface area contributed by atoms with Gasteiger partial charge in [-0.3, -0.25) is 16.3 Å². The zero-order chi connectivity index (χ0) is 4.71. The standard InChI is InChI=1S/H4N2.Na.HO2P/c1-2;;1-3-2/h1-2H2;;(H,1,2)/q;+1;/p-1. The number of nitrogens with two attached hydrogens (primary N) is 2. The van der Waals surface area contributed by atoms with Crippen LogP contribution in [0, 0.1) is 0 Å². The van der Waals surface area contributed by atoms with Crippen molar-refractivity contribution in [2.24, 2.45) is 11.7 Å². The van der Waals surface area contributed by atoms with Crippen LogP contribution in [-0.2, 0) is 4.57 Å². The van der Waals surface area contributed by atoms with Gasteiger partial charge in [0.15, 0.2) is 0 Å². The Hall–Kier alpha value is 0.980. The van der Waals surface area contributed by atoms with Crippen molar-refractivity contribution in [1.82, 2.24) is 0 Å². The van der Waals surface area contributed by atoms with E-state index in [0.717, 1.165) is 0 Å². The van der Waals surface area contributed by atoms with E-state index in [1.807, 2.05) is 0 Å². The largest absolute Gasteiger partial charge is 1.00 e. The molecule has 0 rings (SSSR count). The molecule has 0 atom stereocenters. The third kappa shape index (κ3) is 82.1. The summed E-state index contributed by atoms with van der Waals surface area (Å²) in [5.74, 6) is 8.00. The molecular formula is H4N2NaO2P. The van der Waals surface area contributed by atoms with Crippen LogP contribution in [0.2, 0.25) is 0 Å². The fourth-order valence-corrected chi connectivity index (χ4v) is 0. The second-order valence-electron chi connectivity index (χ2n) is 0.0745. The molecule has 6 heavy (non-hydrogen) atoms. The Morgan fingerprint density at radius 1 is 1.50 bits per heavy atom. The van der Waals surface area contributed by atoms with Crippen LogP contribution in [0.4, 0.5) is 0 Å². The summed E-state index contributed by atoms with van der Waals surface area (Å²) in [6.45, 7) is 0. The van der Waals surface area contributed by atoms with Gasteiger partial charge in [-0.2, -0.15) is 0 Å². The Balaban J connectivity index is -0.0000000275. The fourth-order valence-electron chi connectivity index (χ4n) is 0. The summed E-state index contributed by atoms with van der Waals surface area (Å²) in [4.78, 5) is 8.35. The zero-order valence-electron chi connectivity index (χ0n) is 3.42. The Labute approximate surface area is 59.4 Å². The quantitative estimate of drug-likeness (QED) is 0.145. The predicted molar refractivity (Wildman–Crippen MR) is 16.0 cm³/mol. The molecule has 4 N–H and O–H groups in total. The van der Waals surface area contributed by atoms with Crippen LogP contribution in [0.15, 0.2) is 0 Å². The molecule has 0 aromatic heterocycles. The van der Waals surface area contributed by atoms with E-state index in [4.69, 9.17) is 9.46 Å². The molecule has 0 amide bonds. The number of hydrogen-bond acceptors (Lipinski definition) is 4. The van der Waals surface area contributed by atoms with Crippen molar-refractivity contribution in [3.05, 3.63) is 0 Å². The minimum absolute atomic E-state index is 0. The molecule has 0 aliphatic rings. The smallest absolute Gasteiger partial charge is 0.772 e. The number of hydrogen-bond donors (Lipinski definition) is 2. The van der Waals surface area contributed by atoms with Gasteiger partial charge in [0.25, 0.3) is 0 Å². The van der Waals surface area contributed by atoms with Crippen molar-refractivity contribution in [2.75, 3.05) is 0 Å². The van der Waals surface area contributed by atoms with E-state index >= 15 is 0 Å². The van der Waals surface area contributed by atoms with Gasteiger partial charge in [0.05, 0.1) is 8.69 Å². The van der Waals surface area contributed by atoms with Crippen LogP contribution in [0.5, 0.6) is 0 Å². The van der Waals surface area contributed by atoms with E-state index in [1.165, 1.54) is 0 Å². The van der Waals surface area contributed by atoms with Crippen molar-refractivity contribution in [1.29, 1.82) is 0 Å². The average Bonchev–Trinajstić information content (AvgIpc) is 1.46. The van der Waals surface area contributed by atoms with Gasteiger partial charge in [0.1, 0.15) is 0 Å². The van der Waals surface area contributed by atoms with E-state index in [-0.39, 0.29) is 29.6 Å². The van der Waals surface area contributed by atoms with Gasteiger partial charge < -0.3 is 4.89 Å². The molecule has 0 spiro atoms. The van der Waals surface area contributed by atoms with Crippen LogP contribution in [0.1, 0.15) is 0 Å². The first-order valence-corrected chi connectivity index (χ1v) is 1.43. The molecule has 0 saturated heterocycles. The second kappa shape index (κ2) is 37.8. The van der Waals surface area contributed by atoms with Gasteiger partial charge >= 0.3 is 29.6 Å². The normalized spacial score (nSPS) is 4.50. The molecule has 0 aromatic carbocycles. The summed E-state index contributed by atoms with van der Waals surface area (Å²) in [7, 11) is -1.08. The van der Waals surface area contributed by atoms with E-state index in [2.05, 4.69) is 11.7 Å². The summed E-state index contributed by atoms with van der Waals surface area (Å²) in [6, 6.07) is 0. The fraction of sp³-hybridized carbons (Fsp3) is 0. The molecular weight excluding hydrogens is 114 g/mol. The maximum absolute atomic E-state index is 8.35. The van der Waals surface area contributed by atoms with Gasteiger partial charge in [-0.25, -0.2) is 0 Å². The van der Waals surface area contributed by atoms with Crippen LogP contribution < -0.4 is 46.1 Å². The topological polar surface area (TPSA) is 92.2 Å². The Morgan fingerprint density at radius 2 is 1.50 bits per heavy atom. The molecule has 0 bridgehead atoms. The summed E-state index contributed by atoms with van der Waals surface area (Å²) >= 11 is 0. The Kier molecular flexibility index (Phi) is 99.4. The summed E-state index contributed by atoms with van der Waals surface area (Å²) < 4.78 is 8.35. The molecule has 0 saturated carbocycles. The van der Waals surface area contributed by atoms with E-state index in [1.54, 1.807) is 0 Å². The van der Waals surface area contributed by atoms with Crippen molar-refractivity contribution in [3.8, 4) is 0 Å². The van der Waals surface area contributed by atoms with E-state index in [9.17, 15) is 0 Å². The average molecular weight is 118 g/mol. The first-order valence-electron chi connectivity index (χ1n) is 0.698. The van der Waals surface area contributed by atoms with Crippen molar-refractivity contribution in [2.45, 2.75) is 0 Å². The number of hydrazine groups is 1. The zero-order valence-corrected chi connectivity index (χ0v) is 6.31. The number of rotatable bonds is 0. The maximum Gasteiger partial charge on any atom is 1.00 e. The third-order valence-corrected chi connectivity index (χ3v) is 0. The minimum atomic E-state index is -1.08. The van der Waals surface area contributed by atoms with Crippen LogP contribution >= 0.6 is 8.69 Å². The molecule has 0 heterocycles. The molecule has 6 heteroatoms. The van der Waals surface area contributed by atoms with Gasteiger partial charge in [0, 0.05) is 0 Å². The van der Waals surface area contributed by atoms with Crippen molar-refractivity contribution in [3.63, 3.8) is 0 Å². The van der Waals surface area contributed by atoms with Crippen molar-refractivity contribution >= 4 is 8.69 Å². The first-order chi connectivity index (χ1) is 2.41. The molecule has 0 aliphatic heterocycles. The molecule has 0 aromatic rings. The first kappa shape index (κ1) is 15.8. The van der Waals surface area contributed by atoms with Gasteiger partial charge in [-0.1, -0.05) is 0 Å². The van der Waals surface area contributed by atoms with E-state index in [0.29, 0.717) is 0 Å². The monoisotopic (exact) mass is 118 g/mol. The van der Waals surface area contributed by atoms with Crippen LogP contribution in [0.3, 0.4) is 0 Å². The Morgan fingerprint density at radius 3 is 1.50 bits per heavy atom. The second-order valence-corrected chi connectivity index (χ2v) is 0.224. The molecule has 0 aliphatic carbocycles. The summed E-state index contributed by atoms with van der Waals surface area (Å²) in [6.07, 6.45) is 0. The maximum atomic E-state index is 8.35. The van der Waals surface area contributed by atoms with Gasteiger partial charge in [-0.15, -0.1) is 0 Å². The van der Waals surface area contributed by atoms with Crippen molar-refractivity contribution < 1.29 is 39.0 Å². The molecule has 32 valence electrons. The Bertz CT molecular complexity index is 19.0. The predicted octanol–water partition coefficient (Wildman–Crippen LogP) is -4.62. The van der Waals surface area contributed by atoms with E-state index < -0.39 is 8.69 Å². The third-order valence-electron chi connectivity index (χ3n) is 0. The SMILES string of the molecule is NN.O=P[O-].[Na+]. The molecule has 0 radical (unpaired) electrons. The summed E-state index contributed by atoms with van der Waals surface area (Å²) in [5, 5.41) is 0. The molecule has 0 fully saturated rings. The molecule has 0 unspecified atom stereocenters.